The van der Waals surface area contributed by atoms with E-state index in [1.165, 1.54) is 14.2 Å². The lowest BCUT2D eigenvalue weighted by atomic mass is 10.0. The SMILES string of the molecule is COc1ccc(NC2=C(c3ccccc3)C(=O)N(c3cc(OC)cc(OC)c3)C2=O)cc1. The summed E-state index contributed by atoms with van der Waals surface area (Å²) >= 11 is 0. The van der Waals surface area contributed by atoms with Gasteiger partial charge < -0.3 is 19.5 Å². The topological polar surface area (TPSA) is 77.1 Å². The van der Waals surface area contributed by atoms with Gasteiger partial charge in [0.15, 0.2) is 0 Å². The second-order valence-corrected chi connectivity index (χ2v) is 6.99. The van der Waals surface area contributed by atoms with Gasteiger partial charge in [0.25, 0.3) is 11.8 Å². The van der Waals surface area contributed by atoms with E-state index in [1.54, 1.807) is 61.7 Å². The number of ether oxygens (including phenoxy) is 3. The highest BCUT2D eigenvalue weighted by molar-refractivity contribution is 6.46. The summed E-state index contributed by atoms with van der Waals surface area (Å²) in [6, 6.07) is 21.1. The van der Waals surface area contributed by atoms with Crippen LogP contribution >= 0.6 is 0 Å². The van der Waals surface area contributed by atoms with Crippen molar-refractivity contribution in [3.8, 4) is 17.2 Å². The number of rotatable bonds is 7. The minimum Gasteiger partial charge on any atom is -0.497 e. The van der Waals surface area contributed by atoms with Crippen LogP contribution in [0.1, 0.15) is 5.56 Å². The summed E-state index contributed by atoms with van der Waals surface area (Å²) in [5, 5.41) is 3.13. The van der Waals surface area contributed by atoms with Gasteiger partial charge in [-0.1, -0.05) is 30.3 Å². The number of hydrogen-bond donors (Lipinski definition) is 1. The van der Waals surface area contributed by atoms with Gasteiger partial charge in [0.2, 0.25) is 0 Å². The second-order valence-electron chi connectivity index (χ2n) is 6.99. The van der Waals surface area contributed by atoms with Crippen molar-refractivity contribution in [1.29, 1.82) is 0 Å². The molecule has 0 saturated heterocycles. The molecule has 0 bridgehead atoms. The smallest absolute Gasteiger partial charge is 0.282 e. The number of hydrogen-bond acceptors (Lipinski definition) is 6. The van der Waals surface area contributed by atoms with Crippen LogP contribution in [0.2, 0.25) is 0 Å². The third-order valence-corrected chi connectivity index (χ3v) is 5.10. The molecular weight excluding hydrogens is 408 g/mol. The van der Waals surface area contributed by atoms with E-state index in [0.717, 1.165) is 4.90 Å². The molecule has 0 fully saturated rings. The molecule has 0 saturated carbocycles. The summed E-state index contributed by atoms with van der Waals surface area (Å²) in [4.78, 5) is 28.2. The molecule has 7 nitrogen and oxygen atoms in total. The Bertz CT molecular complexity index is 1160. The molecule has 0 aliphatic carbocycles. The minimum atomic E-state index is -0.472. The first-order valence-corrected chi connectivity index (χ1v) is 9.88. The molecule has 162 valence electrons. The summed E-state index contributed by atoms with van der Waals surface area (Å²) in [5.74, 6) is 0.717. The van der Waals surface area contributed by atoms with Crippen LogP contribution < -0.4 is 24.4 Å². The number of nitrogens with zero attached hydrogens (tertiary/aromatic N) is 1. The number of nitrogens with one attached hydrogen (secondary N) is 1. The third kappa shape index (κ3) is 3.88. The van der Waals surface area contributed by atoms with Crippen molar-refractivity contribution in [2.45, 2.75) is 0 Å². The summed E-state index contributed by atoms with van der Waals surface area (Å²) in [7, 11) is 4.60. The number of methoxy groups -OCH3 is 3. The fourth-order valence-corrected chi connectivity index (χ4v) is 3.49. The van der Waals surface area contributed by atoms with Crippen LogP contribution in [-0.2, 0) is 9.59 Å². The van der Waals surface area contributed by atoms with Gasteiger partial charge in [-0.15, -0.1) is 0 Å². The number of anilines is 2. The second kappa shape index (κ2) is 8.85. The zero-order chi connectivity index (χ0) is 22.7. The van der Waals surface area contributed by atoms with Gasteiger partial charge in [-0.25, -0.2) is 4.90 Å². The largest absolute Gasteiger partial charge is 0.497 e. The van der Waals surface area contributed by atoms with Crippen LogP contribution in [0.5, 0.6) is 17.2 Å². The van der Waals surface area contributed by atoms with Crippen molar-refractivity contribution in [3.63, 3.8) is 0 Å². The molecule has 3 aromatic rings. The lowest BCUT2D eigenvalue weighted by molar-refractivity contribution is -0.120. The highest BCUT2D eigenvalue weighted by Gasteiger charge is 2.40. The lowest BCUT2D eigenvalue weighted by Crippen LogP contribution is -2.32. The van der Waals surface area contributed by atoms with Gasteiger partial charge in [-0.2, -0.15) is 0 Å². The Labute approximate surface area is 185 Å². The molecule has 2 amide bonds. The molecule has 0 unspecified atom stereocenters. The molecule has 1 N–H and O–H groups in total. The molecule has 7 heteroatoms. The maximum atomic E-state index is 13.5. The molecule has 0 spiro atoms. The summed E-state index contributed by atoms with van der Waals surface area (Å²) in [6.07, 6.45) is 0. The molecule has 4 rings (SSSR count). The zero-order valence-corrected chi connectivity index (χ0v) is 17.9. The van der Waals surface area contributed by atoms with Crippen LogP contribution in [-0.4, -0.2) is 33.1 Å². The fraction of sp³-hybridized carbons (Fsp3) is 0.120. The molecule has 0 radical (unpaired) electrons. The normalized spacial score (nSPS) is 13.4. The van der Waals surface area contributed by atoms with E-state index in [0.29, 0.717) is 34.2 Å². The predicted octanol–water partition coefficient (Wildman–Crippen LogP) is 4.11. The molecule has 32 heavy (non-hydrogen) atoms. The van der Waals surface area contributed by atoms with E-state index >= 15 is 0 Å². The van der Waals surface area contributed by atoms with E-state index in [4.69, 9.17) is 14.2 Å². The summed E-state index contributed by atoms with van der Waals surface area (Å²) < 4.78 is 15.8. The highest BCUT2D eigenvalue weighted by Crippen LogP contribution is 2.37. The third-order valence-electron chi connectivity index (χ3n) is 5.10. The molecular formula is C25H22N2O5. The van der Waals surface area contributed by atoms with Gasteiger partial charge in [-0.05, 0) is 29.8 Å². The highest BCUT2D eigenvalue weighted by atomic mass is 16.5. The van der Waals surface area contributed by atoms with Crippen molar-refractivity contribution >= 4 is 28.8 Å². The van der Waals surface area contributed by atoms with Crippen LogP contribution in [0.25, 0.3) is 5.57 Å². The average Bonchev–Trinajstić information content (AvgIpc) is 3.08. The van der Waals surface area contributed by atoms with E-state index < -0.39 is 11.8 Å². The Morgan fingerprint density at radius 1 is 0.688 bits per heavy atom. The van der Waals surface area contributed by atoms with Crippen molar-refractivity contribution < 1.29 is 23.8 Å². The van der Waals surface area contributed by atoms with E-state index in [1.807, 2.05) is 18.2 Å². The standard InChI is InChI=1S/C25H22N2O5/c1-30-19-11-9-17(10-12-19)26-23-22(16-7-5-4-6-8-16)24(28)27(25(23)29)18-13-20(31-2)15-21(14-18)32-3/h4-15,26H,1-3H3. The predicted molar refractivity (Wildman–Crippen MR) is 122 cm³/mol. The molecule has 1 heterocycles. The van der Waals surface area contributed by atoms with Crippen LogP contribution in [0.15, 0.2) is 78.5 Å². The van der Waals surface area contributed by atoms with Crippen molar-refractivity contribution in [2.24, 2.45) is 0 Å². The summed E-state index contributed by atoms with van der Waals surface area (Å²) in [5.41, 5.74) is 2.12. The fourth-order valence-electron chi connectivity index (χ4n) is 3.49. The maximum Gasteiger partial charge on any atom is 0.282 e. The number of carbonyl (C=O) groups is 2. The number of carbonyl (C=O) groups excluding carboxylic acids is 2. The molecule has 1 aliphatic heterocycles. The van der Waals surface area contributed by atoms with Crippen LogP contribution in [0.3, 0.4) is 0 Å². The molecule has 3 aromatic carbocycles. The maximum absolute atomic E-state index is 13.5. The number of amides is 2. The van der Waals surface area contributed by atoms with E-state index in [-0.39, 0.29) is 11.3 Å². The molecule has 0 atom stereocenters. The minimum absolute atomic E-state index is 0.188. The Kier molecular flexibility index (Phi) is 5.81. The number of benzene rings is 3. The van der Waals surface area contributed by atoms with Gasteiger partial charge in [0.1, 0.15) is 22.9 Å². The van der Waals surface area contributed by atoms with Gasteiger partial charge in [-0.3, -0.25) is 9.59 Å². The summed E-state index contributed by atoms with van der Waals surface area (Å²) in [6.45, 7) is 0. The molecule has 0 aromatic heterocycles. The van der Waals surface area contributed by atoms with Crippen molar-refractivity contribution in [3.05, 3.63) is 84.1 Å². The van der Waals surface area contributed by atoms with E-state index in [2.05, 4.69) is 5.32 Å². The average molecular weight is 430 g/mol. The van der Waals surface area contributed by atoms with Gasteiger partial charge >= 0.3 is 0 Å². The van der Waals surface area contributed by atoms with E-state index in [9.17, 15) is 9.59 Å². The Balaban J connectivity index is 1.80. The first kappa shape index (κ1) is 21.0. The monoisotopic (exact) mass is 430 g/mol. The first-order chi connectivity index (χ1) is 15.5. The zero-order valence-electron chi connectivity index (χ0n) is 17.9. The van der Waals surface area contributed by atoms with Crippen molar-refractivity contribution in [2.75, 3.05) is 31.5 Å². The van der Waals surface area contributed by atoms with Crippen LogP contribution in [0.4, 0.5) is 11.4 Å². The van der Waals surface area contributed by atoms with Crippen molar-refractivity contribution in [1.82, 2.24) is 0 Å². The van der Waals surface area contributed by atoms with Crippen LogP contribution in [0, 0.1) is 0 Å². The Morgan fingerprint density at radius 3 is 1.84 bits per heavy atom. The Morgan fingerprint density at radius 2 is 1.28 bits per heavy atom. The molecule has 1 aliphatic rings. The Hall–Kier alpha value is -4.26. The first-order valence-electron chi connectivity index (χ1n) is 9.88. The van der Waals surface area contributed by atoms with Gasteiger partial charge in [0.05, 0.1) is 32.6 Å². The quantitative estimate of drug-likeness (QED) is 0.569. The van der Waals surface area contributed by atoms with Gasteiger partial charge in [0, 0.05) is 23.9 Å². The number of imide groups is 1. The lowest BCUT2D eigenvalue weighted by Gasteiger charge is -2.17.